The van der Waals surface area contributed by atoms with Gasteiger partial charge in [-0.25, -0.2) is 0 Å². The van der Waals surface area contributed by atoms with E-state index in [2.05, 4.69) is 22.2 Å². The lowest BCUT2D eigenvalue weighted by atomic mass is 9.96. The molecule has 0 aromatic carbocycles. The summed E-state index contributed by atoms with van der Waals surface area (Å²) < 4.78 is 5.82. The number of fused-ring (bicyclic) bond motifs is 2. The highest BCUT2D eigenvalue weighted by Crippen LogP contribution is 2.36. The monoisotopic (exact) mass is 253 g/mol. The number of likely N-dealkylation sites (N-methyl/N-ethyl adjacent to an activating group) is 1. The first-order valence-electron chi connectivity index (χ1n) is 7.50. The molecule has 1 N–H and O–H groups in total. The van der Waals surface area contributed by atoms with Crippen LogP contribution in [-0.4, -0.2) is 74.4 Å². The minimum atomic E-state index is 0.390. The maximum absolute atomic E-state index is 5.82. The van der Waals surface area contributed by atoms with Gasteiger partial charge in [-0.3, -0.25) is 4.90 Å². The largest absolute Gasteiger partial charge is 0.374 e. The van der Waals surface area contributed by atoms with Crippen molar-refractivity contribution in [3.8, 4) is 0 Å². The molecule has 3 atom stereocenters. The van der Waals surface area contributed by atoms with Crippen molar-refractivity contribution < 1.29 is 4.74 Å². The fourth-order valence-corrected chi connectivity index (χ4v) is 4.11. The van der Waals surface area contributed by atoms with Crippen molar-refractivity contribution in [3.05, 3.63) is 0 Å². The Morgan fingerprint density at radius 2 is 1.89 bits per heavy atom. The van der Waals surface area contributed by atoms with Gasteiger partial charge in [0, 0.05) is 37.8 Å². The number of hydrogen-bond donors (Lipinski definition) is 1. The van der Waals surface area contributed by atoms with Crippen LogP contribution >= 0.6 is 0 Å². The number of nitrogens with one attached hydrogen (secondary N) is 1. The zero-order valence-corrected chi connectivity index (χ0v) is 11.8. The van der Waals surface area contributed by atoms with Gasteiger partial charge in [0.15, 0.2) is 0 Å². The average Bonchev–Trinajstić information content (AvgIpc) is 2.63. The van der Waals surface area contributed by atoms with Gasteiger partial charge >= 0.3 is 0 Å². The molecule has 3 aliphatic heterocycles. The number of hydrogen-bond acceptors (Lipinski definition) is 4. The molecule has 3 fully saturated rings. The van der Waals surface area contributed by atoms with E-state index in [4.69, 9.17) is 4.74 Å². The molecular weight excluding hydrogens is 226 g/mol. The highest BCUT2D eigenvalue weighted by molar-refractivity contribution is 4.97. The second-order valence-corrected chi connectivity index (χ2v) is 6.22. The van der Waals surface area contributed by atoms with Crippen LogP contribution in [0.1, 0.15) is 25.7 Å². The van der Waals surface area contributed by atoms with Crippen LogP contribution in [0.25, 0.3) is 0 Å². The van der Waals surface area contributed by atoms with Crippen molar-refractivity contribution in [2.24, 2.45) is 0 Å². The van der Waals surface area contributed by atoms with E-state index in [9.17, 15) is 0 Å². The minimum absolute atomic E-state index is 0.390. The Labute approximate surface area is 111 Å². The third-order valence-electron chi connectivity index (χ3n) is 5.19. The van der Waals surface area contributed by atoms with Crippen molar-refractivity contribution in [2.75, 3.05) is 40.3 Å². The summed E-state index contributed by atoms with van der Waals surface area (Å²) in [5, 5.41) is 3.24. The smallest absolute Gasteiger partial charge is 0.0826 e. The lowest BCUT2D eigenvalue weighted by Crippen LogP contribution is -2.55. The molecule has 0 saturated carbocycles. The third-order valence-corrected chi connectivity index (χ3v) is 5.19. The summed E-state index contributed by atoms with van der Waals surface area (Å²) in [5.74, 6) is 0. The van der Waals surface area contributed by atoms with Crippen LogP contribution in [0, 0.1) is 0 Å². The summed E-state index contributed by atoms with van der Waals surface area (Å²) in [6, 6.07) is 2.50. The molecule has 0 spiro atoms. The summed E-state index contributed by atoms with van der Waals surface area (Å²) in [6.45, 7) is 4.15. The Kier molecular flexibility index (Phi) is 3.89. The van der Waals surface area contributed by atoms with Crippen LogP contribution < -0.4 is 5.32 Å². The number of nitrogens with zero attached hydrogens (tertiary/aromatic N) is 2. The Bertz CT molecular complexity index is 270. The van der Waals surface area contributed by atoms with Crippen LogP contribution in [0.2, 0.25) is 0 Å². The van der Waals surface area contributed by atoms with Crippen molar-refractivity contribution in [1.82, 2.24) is 15.1 Å². The van der Waals surface area contributed by atoms with Crippen molar-refractivity contribution >= 4 is 0 Å². The molecule has 18 heavy (non-hydrogen) atoms. The molecule has 3 saturated heterocycles. The molecule has 3 heterocycles. The predicted octanol–water partition coefficient (Wildman–Crippen LogP) is 0.532. The lowest BCUT2D eigenvalue weighted by molar-refractivity contribution is -0.0547. The second-order valence-electron chi connectivity index (χ2n) is 6.22. The molecule has 2 bridgehead atoms. The summed E-state index contributed by atoms with van der Waals surface area (Å²) in [7, 11) is 4.33. The van der Waals surface area contributed by atoms with E-state index < -0.39 is 0 Å². The molecule has 0 aromatic rings. The zero-order valence-electron chi connectivity index (χ0n) is 11.8. The third kappa shape index (κ3) is 2.44. The predicted molar refractivity (Wildman–Crippen MR) is 72.8 cm³/mol. The number of morpholine rings is 1. The fraction of sp³-hybridized carbons (Fsp3) is 1.00. The van der Waals surface area contributed by atoms with Crippen LogP contribution in [0.3, 0.4) is 0 Å². The van der Waals surface area contributed by atoms with Gasteiger partial charge in [0.25, 0.3) is 0 Å². The molecule has 4 nitrogen and oxygen atoms in total. The SMILES string of the molecule is CNCC1CN(C2CC3CCC(C2)N3C)CCO1. The molecule has 3 aliphatic rings. The number of rotatable bonds is 3. The van der Waals surface area contributed by atoms with E-state index in [0.29, 0.717) is 6.10 Å². The molecule has 104 valence electrons. The van der Waals surface area contributed by atoms with E-state index >= 15 is 0 Å². The molecule has 0 radical (unpaired) electrons. The number of ether oxygens (including phenoxy) is 1. The molecule has 3 rings (SSSR count). The van der Waals surface area contributed by atoms with E-state index in [-0.39, 0.29) is 0 Å². The van der Waals surface area contributed by atoms with E-state index in [0.717, 1.165) is 44.4 Å². The van der Waals surface area contributed by atoms with Gasteiger partial charge in [0.1, 0.15) is 0 Å². The van der Waals surface area contributed by atoms with E-state index in [1.54, 1.807) is 0 Å². The van der Waals surface area contributed by atoms with Crippen molar-refractivity contribution in [3.63, 3.8) is 0 Å². The highest BCUT2D eigenvalue weighted by Gasteiger charge is 2.41. The minimum Gasteiger partial charge on any atom is -0.374 e. The van der Waals surface area contributed by atoms with Gasteiger partial charge in [0.05, 0.1) is 12.7 Å². The van der Waals surface area contributed by atoms with Crippen LogP contribution in [0.4, 0.5) is 0 Å². The van der Waals surface area contributed by atoms with Crippen molar-refractivity contribution in [1.29, 1.82) is 0 Å². The second kappa shape index (κ2) is 5.45. The maximum Gasteiger partial charge on any atom is 0.0826 e. The molecule has 4 heteroatoms. The van der Waals surface area contributed by atoms with Crippen molar-refractivity contribution in [2.45, 2.75) is 49.9 Å². The lowest BCUT2D eigenvalue weighted by Gasteiger charge is -2.44. The van der Waals surface area contributed by atoms with Gasteiger partial charge in [-0.05, 0) is 39.8 Å². The quantitative estimate of drug-likeness (QED) is 0.794. The topological polar surface area (TPSA) is 27.7 Å². The normalized spacial score (nSPS) is 42.3. The Hall–Kier alpha value is -0.160. The zero-order chi connectivity index (χ0) is 12.5. The van der Waals surface area contributed by atoms with Crippen LogP contribution in [-0.2, 0) is 4.74 Å². The average molecular weight is 253 g/mol. The Morgan fingerprint density at radius 1 is 1.17 bits per heavy atom. The van der Waals surface area contributed by atoms with Gasteiger partial charge in [0.2, 0.25) is 0 Å². The fourth-order valence-electron chi connectivity index (χ4n) is 4.11. The Morgan fingerprint density at radius 3 is 2.56 bits per heavy atom. The molecule has 0 aliphatic carbocycles. The van der Waals surface area contributed by atoms with Crippen LogP contribution in [0.5, 0.6) is 0 Å². The highest BCUT2D eigenvalue weighted by atomic mass is 16.5. The van der Waals surface area contributed by atoms with E-state index in [1.807, 2.05) is 7.05 Å². The number of piperidine rings is 1. The van der Waals surface area contributed by atoms with Crippen LogP contribution in [0.15, 0.2) is 0 Å². The molecule has 0 aromatic heterocycles. The van der Waals surface area contributed by atoms with E-state index in [1.165, 1.54) is 25.7 Å². The molecular formula is C14H27N3O. The first-order valence-corrected chi connectivity index (χ1v) is 7.50. The molecule has 0 amide bonds. The summed E-state index contributed by atoms with van der Waals surface area (Å²) in [5.41, 5.74) is 0. The van der Waals surface area contributed by atoms with Gasteiger partial charge < -0.3 is 15.0 Å². The summed E-state index contributed by atoms with van der Waals surface area (Å²) >= 11 is 0. The first-order chi connectivity index (χ1) is 8.78. The maximum atomic E-state index is 5.82. The summed E-state index contributed by atoms with van der Waals surface area (Å²) in [6.07, 6.45) is 5.98. The molecule has 3 unspecified atom stereocenters. The first kappa shape index (κ1) is 12.9. The van der Waals surface area contributed by atoms with Gasteiger partial charge in [-0.15, -0.1) is 0 Å². The summed E-state index contributed by atoms with van der Waals surface area (Å²) in [4.78, 5) is 5.33. The standard InChI is InChI=1S/C14H27N3O/c1-15-9-14-10-17(5-6-18-14)13-7-11-3-4-12(8-13)16(11)2/h11-15H,3-10H2,1-2H3. The van der Waals surface area contributed by atoms with Gasteiger partial charge in [-0.1, -0.05) is 0 Å². The van der Waals surface area contributed by atoms with Gasteiger partial charge in [-0.2, -0.15) is 0 Å². The Balaban J connectivity index is 1.58.